The van der Waals surface area contributed by atoms with Gasteiger partial charge in [-0.05, 0) is 12.8 Å². The smallest absolute Gasteiger partial charge is 0.228 e. The van der Waals surface area contributed by atoms with E-state index in [2.05, 4.69) is 13.0 Å². The van der Waals surface area contributed by atoms with Crippen LogP contribution in [0.1, 0.15) is 39.0 Å². The molecule has 0 aromatic heterocycles. The van der Waals surface area contributed by atoms with Crippen LogP contribution in [0.25, 0.3) is 0 Å². The molecule has 4 nitrogen and oxygen atoms in total. The summed E-state index contributed by atoms with van der Waals surface area (Å²) in [6, 6.07) is 2.10. The van der Waals surface area contributed by atoms with Gasteiger partial charge in [0, 0.05) is 25.6 Å². The van der Waals surface area contributed by atoms with Crippen molar-refractivity contribution in [2.75, 3.05) is 26.8 Å². The lowest BCUT2D eigenvalue weighted by molar-refractivity contribution is -0.141. The zero-order valence-corrected chi connectivity index (χ0v) is 10.9. The number of methoxy groups -OCH3 is 1. The van der Waals surface area contributed by atoms with Gasteiger partial charge in [0.05, 0.1) is 19.1 Å². The van der Waals surface area contributed by atoms with Gasteiger partial charge in [-0.15, -0.1) is 0 Å². The summed E-state index contributed by atoms with van der Waals surface area (Å²) in [5.41, 5.74) is -0.205. The molecule has 0 aromatic carbocycles. The van der Waals surface area contributed by atoms with Gasteiger partial charge in [-0.1, -0.05) is 19.8 Å². The summed E-state index contributed by atoms with van der Waals surface area (Å²) in [7, 11) is 1.63. The molecule has 0 aromatic rings. The number of carbonyl (C=O) groups excluding carboxylic acids is 1. The van der Waals surface area contributed by atoms with Crippen molar-refractivity contribution in [2.24, 2.45) is 5.41 Å². The number of carbonyl (C=O) groups is 1. The Morgan fingerprint density at radius 3 is 2.59 bits per heavy atom. The number of nitrogens with zero attached hydrogens (tertiary/aromatic N) is 2. The zero-order chi connectivity index (χ0) is 12.7. The molecule has 0 atom stereocenters. The van der Waals surface area contributed by atoms with Gasteiger partial charge in [-0.25, -0.2) is 0 Å². The van der Waals surface area contributed by atoms with Crippen molar-refractivity contribution in [1.29, 1.82) is 5.26 Å². The predicted molar refractivity (Wildman–Crippen MR) is 65.3 cm³/mol. The van der Waals surface area contributed by atoms with Crippen molar-refractivity contribution < 1.29 is 9.53 Å². The van der Waals surface area contributed by atoms with Crippen LogP contribution in [-0.4, -0.2) is 37.6 Å². The average molecular weight is 238 g/mol. The fourth-order valence-corrected chi connectivity index (χ4v) is 2.45. The first-order valence-corrected chi connectivity index (χ1v) is 6.29. The maximum absolute atomic E-state index is 12.4. The number of hydrogen-bond acceptors (Lipinski definition) is 3. The average Bonchev–Trinajstić information content (AvgIpc) is 2.77. The maximum Gasteiger partial charge on any atom is 0.228 e. The summed E-state index contributed by atoms with van der Waals surface area (Å²) in [6.45, 7) is 3.70. The molecule has 4 heteroatoms. The van der Waals surface area contributed by atoms with Crippen LogP contribution < -0.4 is 0 Å². The van der Waals surface area contributed by atoms with E-state index < -0.39 is 0 Å². The van der Waals surface area contributed by atoms with E-state index >= 15 is 0 Å². The SMILES string of the molecule is COCCN(CCC#N)C(=O)C1(C)CCCC1. The Hall–Kier alpha value is -1.08. The molecule has 1 aliphatic carbocycles. The molecule has 1 saturated carbocycles. The molecular weight excluding hydrogens is 216 g/mol. The molecule has 0 bridgehead atoms. The number of nitriles is 1. The maximum atomic E-state index is 12.4. The van der Waals surface area contributed by atoms with Crippen LogP contribution in [0.4, 0.5) is 0 Å². The highest BCUT2D eigenvalue weighted by Crippen LogP contribution is 2.39. The highest BCUT2D eigenvalue weighted by Gasteiger charge is 2.38. The third-order valence-electron chi connectivity index (χ3n) is 3.57. The van der Waals surface area contributed by atoms with E-state index in [1.807, 2.05) is 0 Å². The predicted octanol–water partition coefficient (Wildman–Crippen LogP) is 1.96. The van der Waals surface area contributed by atoms with E-state index in [4.69, 9.17) is 10.00 Å². The van der Waals surface area contributed by atoms with Gasteiger partial charge in [-0.3, -0.25) is 4.79 Å². The van der Waals surface area contributed by atoms with Gasteiger partial charge in [0.15, 0.2) is 0 Å². The minimum atomic E-state index is -0.205. The molecule has 96 valence electrons. The Morgan fingerprint density at radius 2 is 2.06 bits per heavy atom. The molecule has 0 unspecified atom stereocenters. The van der Waals surface area contributed by atoms with E-state index in [1.165, 1.54) is 0 Å². The minimum Gasteiger partial charge on any atom is -0.383 e. The fraction of sp³-hybridized carbons (Fsp3) is 0.846. The molecule has 0 radical (unpaired) electrons. The van der Waals surface area contributed by atoms with Crippen LogP contribution in [0.5, 0.6) is 0 Å². The molecule has 1 aliphatic rings. The van der Waals surface area contributed by atoms with E-state index in [-0.39, 0.29) is 11.3 Å². The Kier molecular flexibility index (Phi) is 5.43. The summed E-state index contributed by atoms with van der Waals surface area (Å²) in [5, 5.41) is 8.63. The van der Waals surface area contributed by atoms with Crippen LogP contribution >= 0.6 is 0 Å². The molecule has 17 heavy (non-hydrogen) atoms. The second-order valence-corrected chi connectivity index (χ2v) is 4.96. The van der Waals surface area contributed by atoms with Gasteiger partial charge >= 0.3 is 0 Å². The van der Waals surface area contributed by atoms with E-state index in [0.29, 0.717) is 26.1 Å². The first-order valence-electron chi connectivity index (χ1n) is 6.29. The van der Waals surface area contributed by atoms with Crippen molar-refractivity contribution >= 4 is 5.91 Å². The lowest BCUT2D eigenvalue weighted by Gasteiger charge is -2.31. The molecule has 0 saturated heterocycles. The van der Waals surface area contributed by atoms with Gasteiger partial charge in [0.1, 0.15) is 0 Å². The number of rotatable bonds is 6. The molecule has 1 fully saturated rings. The molecule has 0 N–H and O–H groups in total. The number of amides is 1. The normalized spacial score (nSPS) is 17.7. The van der Waals surface area contributed by atoms with Crippen molar-refractivity contribution in [1.82, 2.24) is 4.90 Å². The van der Waals surface area contributed by atoms with E-state index in [0.717, 1.165) is 25.7 Å². The number of hydrogen-bond donors (Lipinski definition) is 0. The van der Waals surface area contributed by atoms with E-state index in [9.17, 15) is 4.79 Å². The summed E-state index contributed by atoms with van der Waals surface area (Å²) in [4.78, 5) is 14.2. The Labute approximate surface area is 104 Å². The molecule has 0 spiro atoms. The minimum absolute atomic E-state index is 0.197. The van der Waals surface area contributed by atoms with Crippen LogP contribution in [0.3, 0.4) is 0 Å². The Balaban J connectivity index is 2.61. The van der Waals surface area contributed by atoms with Crippen LogP contribution in [0, 0.1) is 16.7 Å². The molecule has 1 rings (SSSR count). The third kappa shape index (κ3) is 3.71. The Morgan fingerprint density at radius 1 is 1.41 bits per heavy atom. The van der Waals surface area contributed by atoms with Crippen LogP contribution in [-0.2, 0) is 9.53 Å². The topological polar surface area (TPSA) is 53.3 Å². The van der Waals surface area contributed by atoms with Gasteiger partial charge in [0.25, 0.3) is 0 Å². The monoisotopic (exact) mass is 238 g/mol. The summed E-state index contributed by atoms with van der Waals surface area (Å²) < 4.78 is 5.02. The van der Waals surface area contributed by atoms with Gasteiger partial charge in [0.2, 0.25) is 5.91 Å². The lowest BCUT2D eigenvalue weighted by Crippen LogP contribution is -2.43. The molecular formula is C13H22N2O2. The molecule has 0 heterocycles. The summed E-state index contributed by atoms with van der Waals surface area (Å²) in [5.74, 6) is 0.197. The van der Waals surface area contributed by atoms with Crippen molar-refractivity contribution in [3.05, 3.63) is 0 Å². The second kappa shape index (κ2) is 6.61. The first-order chi connectivity index (χ1) is 8.14. The highest BCUT2D eigenvalue weighted by atomic mass is 16.5. The largest absolute Gasteiger partial charge is 0.383 e. The quantitative estimate of drug-likeness (QED) is 0.710. The number of ether oxygens (including phenoxy) is 1. The van der Waals surface area contributed by atoms with Crippen molar-refractivity contribution in [2.45, 2.75) is 39.0 Å². The van der Waals surface area contributed by atoms with Crippen molar-refractivity contribution in [3.8, 4) is 6.07 Å². The van der Waals surface area contributed by atoms with E-state index in [1.54, 1.807) is 12.0 Å². The third-order valence-corrected chi connectivity index (χ3v) is 3.57. The Bertz CT molecular complexity index is 290. The van der Waals surface area contributed by atoms with Gasteiger partial charge in [-0.2, -0.15) is 5.26 Å². The summed E-state index contributed by atoms with van der Waals surface area (Å²) in [6.07, 6.45) is 4.62. The lowest BCUT2D eigenvalue weighted by atomic mass is 9.87. The van der Waals surface area contributed by atoms with Crippen LogP contribution in [0.2, 0.25) is 0 Å². The van der Waals surface area contributed by atoms with Gasteiger partial charge < -0.3 is 9.64 Å². The zero-order valence-electron chi connectivity index (χ0n) is 10.9. The van der Waals surface area contributed by atoms with Crippen LogP contribution in [0.15, 0.2) is 0 Å². The standard InChI is InChI=1S/C13H22N2O2/c1-13(6-3-4-7-13)12(16)15(9-5-8-14)10-11-17-2/h3-7,9-11H2,1-2H3. The first kappa shape index (κ1) is 14.0. The fourth-order valence-electron chi connectivity index (χ4n) is 2.45. The molecule has 0 aliphatic heterocycles. The highest BCUT2D eigenvalue weighted by molar-refractivity contribution is 5.82. The molecule has 1 amide bonds. The van der Waals surface area contributed by atoms with Crippen molar-refractivity contribution in [3.63, 3.8) is 0 Å². The summed E-state index contributed by atoms with van der Waals surface area (Å²) >= 11 is 0. The second-order valence-electron chi connectivity index (χ2n) is 4.96.